The van der Waals surface area contributed by atoms with Gasteiger partial charge in [0, 0.05) is 17.4 Å². The Morgan fingerprint density at radius 2 is 1.68 bits per heavy atom. The fourth-order valence-electron chi connectivity index (χ4n) is 3.29. The van der Waals surface area contributed by atoms with Crippen LogP contribution in [0.1, 0.15) is 37.1 Å². The zero-order chi connectivity index (χ0) is 20.0. The Balaban J connectivity index is 1.41. The van der Waals surface area contributed by atoms with Crippen LogP contribution in [0.25, 0.3) is 0 Å². The second-order valence-electron chi connectivity index (χ2n) is 7.12. The molecule has 2 aromatic rings. The molecule has 1 fully saturated rings. The second kappa shape index (κ2) is 9.34. The molecule has 0 saturated heterocycles. The molecule has 3 rings (SSSR count). The third-order valence-electron chi connectivity index (χ3n) is 4.62. The lowest BCUT2D eigenvalue weighted by Gasteiger charge is -2.28. The van der Waals surface area contributed by atoms with E-state index in [1.165, 1.54) is 0 Å². The number of benzene rings is 1. The van der Waals surface area contributed by atoms with Gasteiger partial charge < -0.3 is 9.47 Å². The Bertz CT molecular complexity index is 846. The van der Waals surface area contributed by atoms with Crippen LogP contribution >= 0.6 is 0 Å². The number of aryl methyl sites for hydroxylation is 2. The SMILES string of the molecule is Cc1cc(C)nc(OC2CCC(NS(=O)(=O)CCOc3ccccc3)CC2)n1. The van der Waals surface area contributed by atoms with Crippen molar-refractivity contribution >= 4 is 10.0 Å². The molecule has 28 heavy (non-hydrogen) atoms. The third-order valence-corrected chi connectivity index (χ3v) is 6.01. The molecule has 0 amide bonds. The Kier molecular flexibility index (Phi) is 6.85. The first kappa shape index (κ1) is 20.5. The number of para-hydroxylation sites is 1. The lowest BCUT2D eigenvalue weighted by molar-refractivity contribution is 0.131. The molecule has 152 valence electrons. The van der Waals surface area contributed by atoms with Gasteiger partial charge in [0.2, 0.25) is 10.0 Å². The van der Waals surface area contributed by atoms with E-state index in [2.05, 4.69) is 14.7 Å². The van der Waals surface area contributed by atoms with E-state index in [-0.39, 0.29) is 24.5 Å². The number of hydrogen-bond acceptors (Lipinski definition) is 6. The smallest absolute Gasteiger partial charge is 0.317 e. The topological polar surface area (TPSA) is 90.4 Å². The Morgan fingerprint density at radius 3 is 2.32 bits per heavy atom. The molecule has 1 aliphatic carbocycles. The van der Waals surface area contributed by atoms with Gasteiger partial charge in [-0.25, -0.2) is 23.1 Å². The van der Waals surface area contributed by atoms with Gasteiger partial charge in [0.25, 0.3) is 0 Å². The van der Waals surface area contributed by atoms with Crippen LogP contribution in [-0.4, -0.2) is 42.9 Å². The number of rotatable bonds is 8. The molecule has 1 N–H and O–H groups in total. The highest BCUT2D eigenvalue weighted by Crippen LogP contribution is 2.23. The number of nitrogens with zero attached hydrogens (tertiary/aromatic N) is 2. The molecule has 1 aromatic carbocycles. The largest absolute Gasteiger partial charge is 0.492 e. The second-order valence-corrected chi connectivity index (χ2v) is 9.00. The van der Waals surface area contributed by atoms with Crippen molar-refractivity contribution in [3.05, 3.63) is 47.8 Å². The highest BCUT2D eigenvalue weighted by Gasteiger charge is 2.26. The molecule has 7 nitrogen and oxygen atoms in total. The molecule has 0 radical (unpaired) electrons. The predicted molar refractivity (Wildman–Crippen MR) is 107 cm³/mol. The molecule has 0 atom stereocenters. The number of sulfonamides is 1. The van der Waals surface area contributed by atoms with Crippen LogP contribution in [0.4, 0.5) is 0 Å². The van der Waals surface area contributed by atoms with E-state index in [1.54, 1.807) is 12.1 Å². The summed E-state index contributed by atoms with van der Waals surface area (Å²) >= 11 is 0. The standard InChI is InChI=1S/C20H27N3O4S/c1-15-14-16(2)22-20(21-15)27-19-10-8-17(9-11-19)23-28(24,25)13-12-26-18-6-4-3-5-7-18/h3-7,14,17,19,23H,8-13H2,1-2H3. The van der Waals surface area contributed by atoms with Crippen molar-refractivity contribution in [1.29, 1.82) is 0 Å². The zero-order valence-corrected chi connectivity index (χ0v) is 17.1. The van der Waals surface area contributed by atoms with E-state index in [0.717, 1.165) is 37.1 Å². The molecular formula is C20H27N3O4S. The van der Waals surface area contributed by atoms with Crippen LogP contribution in [-0.2, 0) is 10.0 Å². The van der Waals surface area contributed by atoms with Crippen LogP contribution in [0, 0.1) is 13.8 Å². The normalized spacial score (nSPS) is 19.9. The Morgan fingerprint density at radius 1 is 1.04 bits per heavy atom. The van der Waals surface area contributed by atoms with E-state index < -0.39 is 10.0 Å². The maximum absolute atomic E-state index is 12.3. The van der Waals surface area contributed by atoms with Crippen LogP contribution in [0.2, 0.25) is 0 Å². The minimum absolute atomic E-state index is 0.0170. The minimum atomic E-state index is -3.38. The molecular weight excluding hydrogens is 378 g/mol. The molecule has 1 saturated carbocycles. The summed E-state index contributed by atoms with van der Waals surface area (Å²) in [5, 5.41) is 0. The highest BCUT2D eigenvalue weighted by atomic mass is 32.2. The first-order valence-corrected chi connectivity index (χ1v) is 11.2. The van der Waals surface area contributed by atoms with Gasteiger partial charge in [0.15, 0.2) is 0 Å². The van der Waals surface area contributed by atoms with Crippen molar-refractivity contribution in [2.45, 2.75) is 51.7 Å². The minimum Gasteiger partial charge on any atom is -0.492 e. The van der Waals surface area contributed by atoms with Crippen molar-refractivity contribution < 1.29 is 17.9 Å². The number of ether oxygens (including phenoxy) is 2. The monoisotopic (exact) mass is 405 g/mol. The number of nitrogens with one attached hydrogen (secondary N) is 1. The van der Waals surface area contributed by atoms with E-state index in [4.69, 9.17) is 9.47 Å². The molecule has 8 heteroatoms. The molecule has 1 aliphatic rings. The fraction of sp³-hybridized carbons (Fsp3) is 0.500. The summed E-state index contributed by atoms with van der Waals surface area (Å²) in [5.74, 6) is 0.610. The van der Waals surface area contributed by atoms with Gasteiger partial charge in [-0.1, -0.05) is 18.2 Å². The van der Waals surface area contributed by atoms with Crippen molar-refractivity contribution in [1.82, 2.24) is 14.7 Å². The van der Waals surface area contributed by atoms with E-state index in [1.807, 2.05) is 38.1 Å². The molecule has 1 heterocycles. The van der Waals surface area contributed by atoms with Gasteiger partial charge in [-0.3, -0.25) is 0 Å². The van der Waals surface area contributed by atoms with Gasteiger partial charge in [-0.15, -0.1) is 0 Å². The van der Waals surface area contributed by atoms with Crippen LogP contribution < -0.4 is 14.2 Å². The van der Waals surface area contributed by atoms with Crippen molar-refractivity contribution in [2.75, 3.05) is 12.4 Å². The summed E-state index contributed by atoms with van der Waals surface area (Å²) in [7, 11) is -3.38. The Labute approximate surface area is 166 Å². The summed E-state index contributed by atoms with van der Waals surface area (Å²) in [5.41, 5.74) is 1.75. The van der Waals surface area contributed by atoms with Crippen molar-refractivity contribution in [3.8, 4) is 11.8 Å². The van der Waals surface area contributed by atoms with Gasteiger partial charge >= 0.3 is 6.01 Å². The summed E-state index contributed by atoms with van der Waals surface area (Å²) < 4.78 is 38.7. The number of aromatic nitrogens is 2. The summed E-state index contributed by atoms with van der Waals surface area (Å²) in [4.78, 5) is 8.61. The number of hydrogen-bond donors (Lipinski definition) is 1. The first-order chi connectivity index (χ1) is 13.4. The highest BCUT2D eigenvalue weighted by molar-refractivity contribution is 7.89. The molecule has 0 bridgehead atoms. The third kappa shape index (κ3) is 6.45. The maximum Gasteiger partial charge on any atom is 0.317 e. The molecule has 0 aliphatic heterocycles. The van der Waals surface area contributed by atoms with Gasteiger partial charge in [-0.05, 0) is 57.7 Å². The molecule has 1 aromatic heterocycles. The first-order valence-electron chi connectivity index (χ1n) is 9.56. The van der Waals surface area contributed by atoms with E-state index in [9.17, 15) is 8.42 Å². The quantitative estimate of drug-likeness (QED) is 0.726. The van der Waals surface area contributed by atoms with Gasteiger partial charge in [0.05, 0.1) is 5.75 Å². The zero-order valence-electron chi connectivity index (χ0n) is 16.3. The molecule has 0 unspecified atom stereocenters. The summed E-state index contributed by atoms with van der Waals surface area (Å²) in [6.07, 6.45) is 3.01. The molecule has 0 spiro atoms. The van der Waals surface area contributed by atoms with Gasteiger partial charge in [-0.2, -0.15) is 0 Å². The maximum atomic E-state index is 12.3. The van der Waals surface area contributed by atoms with Gasteiger partial charge in [0.1, 0.15) is 18.5 Å². The lowest BCUT2D eigenvalue weighted by atomic mass is 9.94. The van der Waals surface area contributed by atoms with Crippen molar-refractivity contribution in [2.24, 2.45) is 0 Å². The summed E-state index contributed by atoms with van der Waals surface area (Å²) in [6, 6.07) is 11.4. The van der Waals surface area contributed by atoms with E-state index in [0.29, 0.717) is 11.8 Å². The summed E-state index contributed by atoms with van der Waals surface area (Å²) in [6.45, 7) is 3.95. The lowest BCUT2D eigenvalue weighted by Crippen LogP contribution is -2.41. The van der Waals surface area contributed by atoms with Crippen LogP contribution in [0.5, 0.6) is 11.8 Å². The van der Waals surface area contributed by atoms with Crippen LogP contribution in [0.15, 0.2) is 36.4 Å². The van der Waals surface area contributed by atoms with E-state index >= 15 is 0 Å². The van der Waals surface area contributed by atoms with Crippen molar-refractivity contribution in [3.63, 3.8) is 0 Å². The average molecular weight is 406 g/mol. The fourth-order valence-corrected chi connectivity index (χ4v) is 4.46. The average Bonchev–Trinajstić information content (AvgIpc) is 2.63. The van der Waals surface area contributed by atoms with Crippen LogP contribution in [0.3, 0.4) is 0 Å². The Hall–Kier alpha value is -2.19. The predicted octanol–water partition coefficient (Wildman–Crippen LogP) is 2.78.